The zero-order chi connectivity index (χ0) is 21.8. The Balaban J connectivity index is 1.81. The Morgan fingerprint density at radius 2 is 1.90 bits per heavy atom. The first-order chi connectivity index (χ1) is 15.1. The standard InChI is InChI=1S/C23H23N3O5/c1-28-19-6-3-15(11-21(19)29-2)22-17-5-4-16(27)12-20(17)31-23(18(22)13-24)25-14-26-7-9-30-10-8-26/h3-6,11-12,14,22,27H,7-10H2,1-2H3. The van der Waals surface area contributed by atoms with Crippen LogP contribution < -0.4 is 14.2 Å². The highest BCUT2D eigenvalue weighted by Gasteiger charge is 2.32. The molecule has 1 unspecified atom stereocenters. The topological polar surface area (TPSA) is 96.5 Å². The molecule has 8 heteroatoms. The number of methoxy groups -OCH3 is 2. The molecule has 2 aliphatic heterocycles. The first kappa shape index (κ1) is 20.6. The van der Waals surface area contributed by atoms with Crippen LogP contribution in [0.15, 0.2) is 52.8 Å². The molecule has 0 aliphatic carbocycles. The number of phenolic OH excluding ortho intramolecular Hbond substituents is 1. The normalized spacial score (nSPS) is 18.4. The molecule has 0 bridgehead atoms. The zero-order valence-corrected chi connectivity index (χ0v) is 17.4. The molecule has 2 aromatic rings. The molecule has 0 amide bonds. The molecule has 0 spiro atoms. The summed E-state index contributed by atoms with van der Waals surface area (Å²) in [6.07, 6.45) is 1.68. The fraction of sp³-hybridized carbons (Fsp3) is 0.304. The first-order valence-corrected chi connectivity index (χ1v) is 9.87. The van der Waals surface area contributed by atoms with Gasteiger partial charge in [0.2, 0.25) is 5.88 Å². The Morgan fingerprint density at radius 1 is 1.13 bits per heavy atom. The predicted molar refractivity (Wildman–Crippen MR) is 114 cm³/mol. The van der Waals surface area contributed by atoms with Gasteiger partial charge in [-0.1, -0.05) is 12.1 Å². The molecule has 1 fully saturated rings. The predicted octanol–water partition coefficient (Wildman–Crippen LogP) is 3.03. The summed E-state index contributed by atoms with van der Waals surface area (Å²) < 4.78 is 22.1. The largest absolute Gasteiger partial charge is 0.508 e. The molecule has 160 valence electrons. The zero-order valence-electron chi connectivity index (χ0n) is 17.4. The average molecular weight is 421 g/mol. The van der Waals surface area contributed by atoms with Crippen molar-refractivity contribution in [1.82, 2.24) is 4.90 Å². The number of ether oxygens (including phenoxy) is 4. The minimum Gasteiger partial charge on any atom is -0.508 e. The van der Waals surface area contributed by atoms with Crippen molar-refractivity contribution in [3.63, 3.8) is 0 Å². The molecule has 2 heterocycles. The smallest absolute Gasteiger partial charge is 0.235 e. The molecule has 2 aliphatic rings. The van der Waals surface area contributed by atoms with Crippen LogP contribution in [0.1, 0.15) is 17.0 Å². The van der Waals surface area contributed by atoms with Crippen molar-refractivity contribution >= 4 is 6.34 Å². The summed E-state index contributed by atoms with van der Waals surface area (Å²) in [5.41, 5.74) is 1.95. The minimum atomic E-state index is -0.439. The van der Waals surface area contributed by atoms with E-state index in [2.05, 4.69) is 11.1 Å². The summed E-state index contributed by atoms with van der Waals surface area (Å²) in [5, 5.41) is 20.0. The van der Waals surface area contributed by atoms with Crippen LogP contribution in [0.2, 0.25) is 0 Å². The van der Waals surface area contributed by atoms with Gasteiger partial charge in [0.15, 0.2) is 11.5 Å². The summed E-state index contributed by atoms with van der Waals surface area (Å²) >= 11 is 0. The third-order valence-electron chi connectivity index (χ3n) is 5.28. The van der Waals surface area contributed by atoms with Crippen LogP contribution in [0.25, 0.3) is 0 Å². The second-order valence-corrected chi connectivity index (χ2v) is 7.10. The Kier molecular flexibility index (Phi) is 5.96. The van der Waals surface area contributed by atoms with E-state index in [1.165, 1.54) is 6.07 Å². The van der Waals surface area contributed by atoms with Gasteiger partial charge in [-0.3, -0.25) is 0 Å². The second kappa shape index (κ2) is 8.98. The number of benzene rings is 2. The number of hydrogen-bond acceptors (Lipinski definition) is 7. The van der Waals surface area contributed by atoms with E-state index in [0.717, 1.165) is 24.2 Å². The lowest BCUT2D eigenvalue weighted by Gasteiger charge is -2.28. The van der Waals surface area contributed by atoms with Crippen molar-refractivity contribution in [1.29, 1.82) is 5.26 Å². The second-order valence-electron chi connectivity index (χ2n) is 7.10. The van der Waals surface area contributed by atoms with Crippen LogP contribution >= 0.6 is 0 Å². The summed E-state index contributed by atoms with van der Waals surface area (Å²) in [6, 6.07) is 12.7. The summed E-state index contributed by atoms with van der Waals surface area (Å²) in [6.45, 7) is 2.69. The van der Waals surface area contributed by atoms with Gasteiger partial charge in [0, 0.05) is 24.7 Å². The van der Waals surface area contributed by atoms with Crippen LogP contribution in [0.3, 0.4) is 0 Å². The molecule has 1 N–H and O–H groups in total. The van der Waals surface area contributed by atoms with Gasteiger partial charge in [0.25, 0.3) is 0 Å². The van der Waals surface area contributed by atoms with E-state index < -0.39 is 5.92 Å². The maximum atomic E-state index is 10.0. The maximum Gasteiger partial charge on any atom is 0.235 e. The van der Waals surface area contributed by atoms with Crippen molar-refractivity contribution < 1.29 is 24.1 Å². The van der Waals surface area contributed by atoms with Crippen molar-refractivity contribution in [3.05, 3.63) is 59.0 Å². The van der Waals surface area contributed by atoms with E-state index >= 15 is 0 Å². The molecule has 8 nitrogen and oxygen atoms in total. The molecular weight excluding hydrogens is 398 g/mol. The summed E-state index contributed by atoms with van der Waals surface area (Å²) in [5.74, 6) is 1.44. The molecule has 0 saturated carbocycles. The number of phenols is 1. The highest BCUT2D eigenvalue weighted by atomic mass is 16.5. The molecule has 1 atom stereocenters. The molecule has 4 rings (SSSR count). The van der Waals surface area contributed by atoms with Crippen LogP contribution in [-0.4, -0.2) is 56.9 Å². The number of aliphatic imine (C=N–C) groups is 1. The number of allylic oxidation sites excluding steroid dienone is 1. The molecule has 31 heavy (non-hydrogen) atoms. The number of nitrogens with zero attached hydrogens (tertiary/aromatic N) is 3. The Hall–Kier alpha value is -3.70. The van der Waals surface area contributed by atoms with E-state index in [1.807, 2.05) is 17.0 Å². The van der Waals surface area contributed by atoms with E-state index in [0.29, 0.717) is 36.0 Å². The lowest BCUT2D eigenvalue weighted by molar-refractivity contribution is 0.0699. The monoisotopic (exact) mass is 421 g/mol. The molecule has 0 radical (unpaired) electrons. The quantitative estimate of drug-likeness (QED) is 0.585. The van der Waals surface area contributed by atoms with Crippen molar-refractivity contribution in [2.24, 2.45) is 4.99 Å². The lowest BCUT2D eigenvalue weighted by atomic mass is 9.83. The molecule has 1 saturated heterocycles. The minimum absolute atomic E-state index is 0.0710. The fourth-order valence-corrected chi connectivity index (χ4v) is 3.70. The third-order valence-corrected chi connectivity index (χ3v) is 5.28. The van der Waals surface area contributed by atoms with Gasteiger partial charge in [-0.05, 0) is 23.8 Å². The van der Waals surface area contributed by atoms with Crippen molar-refractivity contribution in [2.45, 2.75) is 5.92 Å². The van der Waals surface area contributed by atoms with E-state index in [4.69, 9.17) is 18.9 Å². The average Bonchev–Trinajstić information content (AvgIpc) is 2.81. The molecule has 2 aromatic carbocycles. The maximum absolute atomic E-state index is 10.0. The summed E-state index contributed by atoms with van der Waals surface area (Å²) in [4.78, 5) is 6.49. The Morgan fingerprint density at radius 3 is 2.61 bits per heavy atom. The van der Waals surface area contributed by atoms with Crippen molar-refractivity contribution in [2.75, 3.05) is 40.5 Å². The van der Waals surface area contributed by atoms with Gasteiger partial charge < -0.3 is 29.0 Å². The number of fused-ring (bicyclic) bond motifs is 1. The van der Waals surface area contributed by atoms with Gasteiger partial charge in [-0.15, -0.1) is 0 Å². The number of rotatable bonds is 5. The van der Waals surface area contributed by atoms with Gasteiger partial charge in [-0.25, -0.2) is 4.99 Å². The number of hydrogen-bond donors (Lipinski definition) is 1. The van der Waals surface area contributed by atoms with Crippen LogP contribution in [-0.2, 0) is 4.74 Å². The Bertz CT molecular complexity index is 1070. The van der Waals surface area contributed by atoms with Crippen molar-refractivity contribution in [3.8, 4) is 29.1 Å². The van der Waals surface area contributed by atoms with Gasteiger partial charge in [-0.2, -0.15) is 5.26 Å². The number of aromatic hydroxyl groups is 1. The van der Waals surface area contributed by atoms with Gasteiger partial charge in [0.05, 0.1) is 39.7 Å². The highest BCUT2D eigenvalue weighted by Crippen LogP contribution is 2.45. The van der Waals surface area contributed by atoms with E-state index in [9.17, 15) is 10.4 Å². The van der Waals surface area contributed by atoms with Crippen LogP contribution in [0, 0.1) is 11.3 Å². The van der Waals surface area contributed by atoms with Crippen LogP contribution in [0.4, 0.5) is 0 Å². The molecular formula is C23H23N3O5. The highest BCUT2D eigenvalue weighted by molar-refractivity contribution is 5.62. The SMILES string of the molecule is COc1ccc(C2C(C#N)=C(N=CN3CCOCC3)Oc3cc(O)ccc32)cc1OC. The molecule has 0 aromatic heterocycles. The van der Waals surface area contributed by atoms with Gasteiger partial charge in [0.1, 0.15) is 23.1 Å². The van der Waals surface area contributed by atoms with Gasteiger partial charge >= 0.3 is 0 Å². The number of morpholine rings is 1. The van der Waals surface area contributed by atoms with Crippen LogP contribution in [0.5, 0.6) is 23.0 Å². The van der Waals surface area contributed by atoms with E-state index in [-0.39, 0.29) is 11.6 Å². The van der Waals surface area contributed by atoms with E-state index in [1.54, 1.807) is 38.8 Å². The fourth-order valence-electron chi connectivity index (χ4n) is 3.70. The third kappa shape index (κ3) is 4.13. The number of nitriles is 1. The summed E-state index contributed by atoms with van der Waals surface area (Å²) in [7, 11) is 3.14. The first-order valence-electron chi connectivity index (χ1n) is 9.87. The Labute approximate surface area is 180 Å². The lowest BCUT2D eigenvalue weighted by Crippen LogP contribution is -2.35.